The Kier molecular flexibility index (Phi) is 7.46. The first-order valence-corrected chi connectivity index (χ1v) is 10.2. The zero-order valence-corrected chi connectivity index (χ0v) is 16.1. The molecule has 144 valence electrons. The van der Waals surface area contributed by atoms with Gasteiger partial charge in [-0.3, -0.25) is 9.69 Å². The lowest BCUT2D eigenvalue weighted by Crippen LogP contribution is -2.31. The number of carboxylic acid groups (broad SMARTS) is 1. The number of carbonyl (C=O) groups is 1. The number of hydrogen-bond donors (Lipinski definition) is 1. The number of aliphatic carboxylic acids is 1. The lowest BCUT2D eigenvalue weighted by molar-refractivity contribution is -0.137. The van der Waals surface area contributed by atoms with Crippen molar-refractivity contribution in [3.63, 3.8) is 0 Å². The van der Waals surface area contributed by atoms with E-state index in [1.807, 2.05) is 0 Å². The van der Waals surface area contributed by atoms with Gasteiger partial charge >= 0.3 is 5.97 Å². The van der Waals surface area contributed by atoms with Crippen LogP contribution in [0.4, 0.5) is 0 Å². The van der Waals surface area contributed by atoms with E-state index in [1.165, 1.54) is 36.8 Å². The minimum atomic E-state index is -0.658. The molecule has 0 bridgehead atoms. The van der Waals surface area contributed by atoms with Crippen LogP contribution in [0.1, 0.15) is 49.7 Å². The Bertz CT molecular complexity index is 637. The fourth-order valence-corrected chi connectivity index (χ4v) is 4.26. The molecule has 0 amide bonds. The summed E-state index contributed by atoms with van der Waals surface area (Å²) in [7, 11) is 0. The van der Waals surface area contributed by atoms with Crippen molar-refractivity contribution in [1.82, 2.24) is 4.90 Å². The van der Waals surface area contributed by atoms with Crippen LogP contribution >= 0.6 is 0 Å². The van der Waals surface area contributed by atoms with Crippen LogP contribution in [0.3, 0.4) is 0 Å². The quantitative estimate of drug-likeness (QED) is 0.650. The Morgan fingerprint density at radius 1 is 0.815 bits per heavy atom. The van der Waals surface area contributed by atoms with E-state index in [1.54, 1.807) is 0 Å². The Labute approximate surface area is 163 Å². The van der Waals surface area contributed by atoms with Gasteiger partial charge in [0.1, 0.15) is 0 Å². The molecule has 1 N–H and O–H groups in total. The van der Waals surface area contributed by atoms with Crippen molar-refractivity contribution in [1.29, 1.82) is 0 Å². The molecule has 2 aromatic carbocycles. The van der Waals surface area contributed by atoms with Gasteiger partial charge in [0.15, 0.2) is 0 Å². The maximum atomic E-state index is 10.8. The molecule has 1 aliphatic rings. The van der Waals surface area contributed by atoms with Crippen molar-refractivity contribution in [2.75, 3.05) is 6.54 Å². The number of hydrogen-bond acceptors (Lipinski definition) is 2. The summed E-state index contributed by atoms with van der Waals surface area (Å²) in [5, 5.41) is 8.89. The SMILES string of the molecule is O=C(O)CC[C@H]1CC[C@@H](CN(Cc2ccccc2)Cc2ccccc2)CC1. The highest BCUT2D eigenvalue weighted by atomic mass is 16.4. The number of rotatable bonds is 9. The number of nitrogens with zero attached hydrogens (tertiary/aromatic N) is 1. The highest BCUT2D eigenvalue weighted by molar-refractivity contribution is 5.66. The minimum Gasteiger partial charge on any atom is -0.481 e. The monoisotopic (exact) mass is 365 g/mol. The largest absolute Gasteiger partial charge is 0.481 e. The second kappa shape index (κ2) is 10.3. The van der Waals surface area contributed by atoms with E-state index >= 15 is 0 Å². The summed E-state index contributed by atoms with van der Waals surface area (Å²) in [6.45, 7) is 3.08. The van der Waals surface area contributed by atoms with E-state index in [9.17, 15) is 4.79 Å². The summed E-state index contributed by atoms with van der Waals surface area (Å²) in [6.07, 6.45) is 5.99. The molecule has 27 heavy (non-hydrogen) atoms. The fourth-order valence-electron chi connectivity index (χ4n) is 4.26. The maximum Gasteiger partial charge on any atom is 0.303 e. The molecular weight excluding hydrogens is 334 g/mol. The van der Waals surface area contributed by atoms with Crippen molar-refractivity contribution < 1.29 is 9.90 Å². The lowest BCUT2D eigenvalue weighted by Gasteiger charge is -2.33. The van der Waals surface area contributed by atoms with Crippen molar-refractivity contribution >= 4 is 5.97 Å². The van der Waals surface area contributed by atoms with Gasteiger partial charge in [0.2, 0.25) is 0 Å². The molecule has 1 aliphatic carbocycles. The summed E-state index contributed by atoms with van der Waals surface area (Å²) in [5.41, 5.74) is 2.73. The normalized spacial score (nSPS) is 19.9. The van der Waals surface area contributed by atoms with Crippen molar-refractivity contribution in [2.24, 2.45) is 11.8 Å². The van der Waals surface area contributed by atoms with Gasteiger partial charge < -0.3 is 5.11 Å². The van der Waals surface area contributed by atoms with Gasteiger partial charge in [0, 0.05) is 26.1 Å². The molecule has 0 radical (unpaired) electrons. The molecule has 0 atom stereocenters. The molecule has 0 saturated heterocycles. The first-order valence-electron chi connectivity index (χ1n) is 10.2. The van der Waals surface area contributed by atoms with Gasteiger partial charge in [-0.1, -0.05) is 73.5 Å². The lowest BCUT2D eigenvalue weighted by atomic mass is 9.79. The molecule has 1 saturated carbocycles. The molecule has 1 fully saturated rings. The topological polar surface area (TPSA) is 40.5 Å². The van der Waals surface area contributed by atoms with Gasteiger partial charge in [-0.2, -0.15) is 0 Å². The maximum absolute atomic E-state index is 10.8. The van der Waals surface area contributed by atoms with Crippen LogP contribution in [0, 0.1) is 11.8 Å². The smallest absolute Gasteiger partial charge is 0.303 e. The summed E-state index contributed by atoms with van der Waals surface area (Å²) in [6, 6.07) is 21.4. The standard InChI is InChI=1S/C24H31NO2/c26-24(27)16-15-20-11-13-23(14-12-20)19-25(17-21-7-3-1-4-8-21)18-22-9-5-2-6-10-22/h1-10,20,23H,11-19H2,(H,26,27)/t20-,23+. The first kappa shape index (κ1) is 19.6. The summed E-state index contributed by atoms with van der Waals surface area (Å²) >= 11 is 0. The van der Waals surface area contributed by atoms with Crippen LogP contribution in [0.15, 0.2) is 60.7 Å². The third-order valence-electron chi connectivity index (χ3n) is 5.75. The Morgan fingerprint density at radius 2 is 1.30 bits per heavy atom. The molecule has 3 nitrogen and oxygen atoms in total. The van der Waals surface area contributed by atoms with E-state index in [0.717, 1.165) is 32.0 Å². The summed E-state index contributed by atoms with van der Waals surface area (Å²) < 4.78 is 0. The van der Waals surface area contributed by atoms with E-state index in [-0.39, 0.29) is 0 Å². The average molecular weight is 366 g/mol. The fraction of sp³-hybridized carbons (Fsp3) is 0.458. The zero-order chi connectivity index (χ0) is 18.9. The Hall–Kier alpha value is -2.13. The zero-order valence-electron chi connectivity index (χ0n) is 16.1. The van der Waals surface area contributed by atoms with Gasteiger partial charge in [-0.05, 0) is 42.2 Å². The highest BCUT2D eigenvalue weighted by Gasteiger charge is 2.23. The molecule has 2 aromatic rings. The van der Waals surface area contributed by atoms with Gasteiger partial charge in [0.25, 0.3) is 0 Å². The predicted octanol–water partition coefficient (Wildman–Crippen LogP) is 5.36. The van der Waals surface area contributed by atoms with E-state index in [4.69, 9.17) is 5.11 Å². The van der Waals surface area contributed by atoms with Gasteiger partial charge in [-0.25, -0.2) is 0 Å². The predicted molar refractivity (Wildman–Crippen MR) is 109 cm³/mol. The van der Waals surface area contributed by atoms with Gasteiger partial charge in [0.05, 0.1) is 0 Å². The molecule has 0 spiro atoms. The molecular formula is C24H31NO2. The van der Waals surface area contributed by atoms with Crippen molar-refractivity contribution in [3.8, 4) is 0 Å². The summed E-state index contributed by atoms with van der Waals surface area (Å²) in [4.78, 5) is 13.4. The van der Waals surface area contributed by atoms with Crippen molar-refractivity contribution in [3.05, 3.63) is 71.8 Å². The Morgan fingerprint density at radius 3 is 1.78 bits per heavy atom. The first-order chi connectivity index (χ1) is 13.2. The molecule has 0 unspecified atom stereocenters. The van der Waals surface area contributed by atoms with E-state index in [2.05, 4.69) is 65.6 Å². The third kappa shape index (κ3) is 6.84. The molecule has 0 aliphatic heterocycles. The number of benzene rings is 2. The summed E-state index contributed by atoms with van der Waals surface area (Å²) in [5.74, 6) is 0.668. The number of carboxylic acids is 1. The third-order valence-corrected chi connectivity index (χ3v) is 5.75. The molecule has 0 heterocycles. The van der Waals surface area contributed by atoms with Crippen LogP contribution in [-0.4, -0.2) is 22.5 Å². The average Bonchev–Trinajstić information content (AvgIpc) is 2.69. The molecule has 3 heteroatoms. The highest BCUT2D eigenvalue weighted by Crippen LogP contribution is 2.32. The van der Waals surface area contributed by atoms with Crippen LogP contribution in [0.25, 0.3) is 0 Å². The van der Waals surface area contributed by atoms with Crippen LogP contribution in [0.2, 0.25) is 0 Å². The Balaban J connectivity index is 1.56. The minimum absolute atomic E-state index is 0.323. The van der Waals surface area contributed by atoms with E-state index in [0.29, 0.717) is 12.3 Å². The van der Waals surface area contributed by atoms with E-state index < -0.39 is 5.97 Å². The molecule has 3 rings (SSSR count). The van der Waals surface area contributed by atoms with Crippen molar-refractivity contribution in [2.45, 2.75) is 51.6 Å². The van der Waals surface area contributed by atoms with Gasteiger partial charge in [-0.15, -0.1) is 0 Å². The van der Waals surface area contributed by atoms with Crippen LogP contribution in [0.5, 0.6) is 0 Å². The van der Waals surface area contributed by atoms with Crippen LogP contribution in [-0.2, 0) is 17.9 Å². The molecule has 0 aromatic heterocycles. The van der Waals surface area contributed by atoms with Crippen LogP contribution < -0.4 is 0 Å². The second-order valence-corrected chi connectivity index (χ2v) is 7.96. The second-order valence-electron chi connectivity index (χ2n) is 7.96.